The number of nitrogens with zero attached hydrogens (tertiary/aromatic N) is 1. The Morgan fingerprint density at radius 1 is 1.12 bits per heavy atom. The molecule has 0 fully saturated rings. The summed E-state index contributed by atoms with van der Waals surface area (Å²) in [4.78, 5) is 27.7. The molecule has 0 aromatic heterocycles. The van der Waals surface area contributed by atoms with Gasteiger partial charge in [-0.05, 0) is 60.9 Å². The van der Waals surface area contributed by atoms with Crippen molar-refractivity contribution in [2.75, 3.05) is 26.2 Å². The van der Waals surface area contributed by atoms with Crippen molar-refractivity contribution >= 4 is 11.8 Å². The van der Waals surface area contributed by atoms with Crippen LogP contribution in [-0.2, 0) is 28.7 Å². The Hall–Kier alpha value is -3.18. The van der Waals surface area contributed by atoms with Gasteiger partial charge in [-0.3, -0.25) is 9.59 Å². The smallest absolute Gasteiger partial charge is 0.416 e. The molecule has 7 nitrogen and oxygen atoms in total. The van der Waals surface area contributed by atoms with Gasteiger partial charge >= 0.3 is 6.18 Å². The highest BCUT2D eigenvalue weighted by Gasteiger charge is 2.30. The molecule has 238 valence electrons. The quantitative estimate of drug-likeness (QED) is 0.339. The minimum absolute atomic E-state index is 0.0154. The van der Waals surface area contributed by atoms with Gasteiger partial charge in [0.05, 0.1) is 24.3 Å². The van der Waals surface area contributed by atoms with E-state index in [1.54, 1.807) is 17.0 Å². The summed E-state index contributed by atoms with van der Waals surface area (Å²) in [7, 11) is 0. The normalized spacial score (nSPS) is 19.9. The molecular weight excluding hydrogens is 566 g/mol. The van der Waals surface area contributed by atoms with Crippen molar-refractivity contribution in [3.63, 3.8) is 0 Å². The van der Waals surface area contributed by atoms with Crippen molar-refractivity contribution in [2.45, 2.75) is 83.7 Å². The Kier molecular flexibility index (Phi) is 13.3. The number of carbonyl (C=O) groups is 2. The van der Waals surface area contributed by atoms with Crippen LogP contribution in [0.4, 0.5) is 17.6 Å². The maximum absolute atomic E-state index is 14.6. The molecule has 2 amide bonds. The molecule has 0 aliphatic carbocycles. The molecule has 3 rings (SSSR count). The van der Waals surface area contributed by atoms with Crippen LogP contribution < -0.4 is 15.4 Å². The molecule has 3 N–H and O–H groups in total. The Morgan fingerprint density at radius 2 is 1.91 bits per heavy atom. The number of halogens is 4. The first-order valence-corrected chi connectivity index (χ1v) is 15.0. The van der Waals surface area contributed by atoms with Gasteiger partial charge in [0.25, 0.3) is 0 Å². The third-order valence-electron chi connectivity index (χ3n) is 7.54. The summed E-state index contributed by atoms with van der Waals surface area (Å²) in [6.45, 7) is 5.55. The molecule has 1 unspecified atom stereocenters. The number of amides is 2. The average Bonchev–Trinajstić information content (AvgIpc) is 2.95. The number of fused-ring (bicyclic) bond motifs is 2. The fraction of sp³-hybridized carbons (Fsp3) is 0.562. The summed E-state index contributed by atoms with van der Waals surface area (Å²) in [5, 5.41) is 16.8. The van der Waals surface area contributed by atoms with Crippen molar-refractivity contribution in [2.24, 2.45) is 5.92 Å². The molecule has 43 heavy (non-hydrogen) atoms. The van der Waals surface area contributed by atoms with Crippen molar-refractivity contribution < 1.29 is 37.0 Å². The molecule has 1 aliphatic rings. The van der Waals surface area contributed by atoms with Gasteiger partial charge in [0.15, 0.2) is 0 Å². The molecule has 1 aliphatic heterocycles. The number of carbonyl (C=O) groups excluding carboxylic acids is 2. The number of nitrogens with one attached hydrogen (secondary N) is 2. The number of aliphatic hydroxyl groups excluding tert-OH is 1. The third-order valence-corrected chi connectivity index (χ3v) is 7.54. The number of alkyl halides is 3. The van der Waals surface area contributed by atoms with Crippen molar-refractivity contribution in [1.29, 1.82) is 0 Å². The zero-order valence-corrected chi connectivity index (χ0v) is 24.9. The molecule has 1 heterocycles. The predicted octanol–water partition coefficient (Wildman–Crippen LogP) is 5.24. The van der Waals surface area contributed by atoms with Crippen LogP contribution in [0.1, 0.15) is 69.1 Å². The maximum atomic E-state index is 14.6. The molecule has 11 heteroatoms. The topological polar surface area (TPSA) is 90.9 Å². The second-order valence-electron chi connectivity index (χ2n) is 11.2. The van der Waals surface area contributed by atoms with Crippen LogP contribution in [0.3, 0.4) is 0 Å². The van der Waals surface area contributed by atoms with E-state index in [0.717, 1.165) is 37.8 Å². The number of hydrogen-bond donors (Lipinski definition) is 3. The molecule has 2 aromatic rings. The fourth-order valence-electron chi connectivity index (χ4n) is 5.28. The Morgan fingerprint density at radius 3 is 2.63 bits per heavy atom. The van der Waals surface area contributed by atoms with Crippen molar-refractivity contribution in [1.82, 2.24) is 15.5 Å². The second kappa shape index (κ2) is 16.6. The van der Waals surface area contributed by atoms with Gasteiger partial charge in [-0.1, -0.05) is 38.5 Å². The number of aliphatic hydroxyl groups is 1. The van der Waals surface area contributed by atoms with E-state index in [-0.39, 0.29) is 44.2 Å². The largest absolute Gasteiger partial charge is 0.493 e. The van der Waals surface area contributed by atoms with E-state index < -0.39 is 35.6 Å². The standard InChI is InChI=1S/C32H43F4N3O4/c1-3-6-22-11-13-39(12-4-2)31(42)10-9-30(41)38-28(17-24-15-26(33)18-27(16-24)43-21-22)29(40)20-37-19-23-7-5-8-25(14-23)32(34,35)36/h5,7-8,14-16,18,22,28-29,37,40H,3-4,6,9-13,17,19-21H2,1-2H3,(H,38,41)/t22?,28-,29+/m0/s1. The van der Waals surface area contributed by atoms with Gasteiger partial charge in [0, 0.05) is 45.1 Å². The van der Waals surface area contributed by atoms with Crippen LogP contribution >= 0.6 is 0 Å². The first kappa shape index (κ1) is 34.3. The molecule has 0 saturated heterocycles. The maximum Gasteiger partial charge on any atom is 0.416 e. The minimum atomic E-state index is -4.47. The SMILES string of the molecule is CCCC1CCN(CCC)C(=O)CCC(=O)N[C@H]([C@H](O)CNCc2cccc(C(F)(F)F)c2)Cc2cc(F)cc(c2)OC1. The number of benzene rings is 2. The van der Waals surface area contributed by atoms with Crippen LogP contribution in [0.5, 0.6) is 5.75 Å². The summed E-state index contributed by atoms with van der Waals surface area (Å²) >= 11 is 0. The molecule has 0 spiro atoms. The van der Waals surface area contributed by atoms with Gasteiger partial charge in [-0.25, -0.2) is 4.39 Å². The third kappa shape index (κ3) is 11.4. The van der Waals surface area contributed by atoms with E-state index >= 15 is 0 Å². The average molecular weight is 610 g/mol. The van der Waals surface area contributed by atoms with Gasteiger partial charge in [-0.2, -0.15) is 13.2 Å². The highest BCUT2D eigenvalue weighted by molar-refractivity contribution is 5.84. The van der Waals surface area contributed by atoms with Gasteiger partial charge in [-0.15, -0.1) is 0 Å². The van der Waals surface area contributed by atoms with Crippen LogP contribution in [0.15, 0.2) is 42.5 Å². The first-order valence-electron chi connectivity index (χ1n) is 15.0. The summed E-state index contributed by atoms with van der Waals surface area (Å²) in [5.41, 5.74) is 0.114. The van der Waals surface area contributed by atoms with E-state index in [2.05, 4.69) is 17.6 Å². The van der Waals surface area contributed by atoms with Crippen molar-refractivity contribution in [3.8, 4) is 5.75 Å². The zero-order chi connectivity index (χ0) is 31.4. The van der Waals surface area contributed by atoms with E-state index in [0.29, 0.717) is 36.6 Å². The van der Waals surface area contributed by atoms with Crippen LogP contribution in [-0.4, -0.2) is 60.2 Å². The zero-order valence-electron chi connectivity index (χ0n) is 24.9. The lowest BCUT2D eigenvalue weighted by molar-refractivity contribution is -0.137. The Labute approximate surface area is 251 Å². The summed E-state index contributed by atoms with van der Waals surface area (Å²) in [6.07, 6.45) is -2.29. The van der Waals surface area contributed by atoms with Gasteiger partial charge in [0.2, 0.25) is 11.8 Å². The van der Waals surface area contributed by atoms with E-state index in [4.69, 9.17) is 4.74 Å². The summed E-state index contributed by atoms with van der Waals surface area (Å²) in [6, 6.07) is 8.31. The number of hydrogen-bond acceptors (Lipinski definition) is 5. The van der Waals surface area contributed by atoms with Crippen LogP contribution in [0.2, 0.25) is 0 Å². The fourth-order valence-corrected chi connectivity index (χ4v) is 5.28. The van der Waals surface area contributed by atoms with E-state index in [9.17, 15) is 32.3 Å². The molecule has 2 aromatic carbocycles. The lowest BCUT2D eigenvalue weighted by Gasteiger charge is -2.27. The van der Waals surface area contributed by atoms with Crippen molar-refractivity contribution in [3.05, 3.63) is 65.0 Å². The highest BCUT2D eigenvalue weighted by atomic mass is 19.4. The first-order chi connectivity index (χ1) is 20.5. The molecule has 0 saturated carbocycles. The van der Waals surface area contributed by atoms with Crippen LogP contribution in [0.25, 0.3) is 0 Å². The minimum Gasteiger partial charge on any atom is -0.493 e. The number of rotatable bonds is 9. The second-order valence-corrected chi connectivity index (χ2v) is 11.2. The van der Waals surface area contributed by atoms with E-state index in [1.807, 2.05) is 6.92 Å². The highest BCUT2D eigenvalue weighted by Crippen LogP contribution is 2.29. The predicted molar refractivity (Wildman–Crippen MR) is 156 cm³/mol. The number of ether oxygens (including phenoxy) is 1. The molecule has 3 atom stereocenters. The molecular formula is C32H43F4N3O4. The Bertz CT molecular complexity index is 1190. The van der Waals surface area contributed by atoms with E-state index in [1.165, 1.54) is 18.2 Å². The van der Waals surface area contributed by atoms with Gasteiger partial charge in [0.1, 0.15) is 11.6 Å². The molecule has 2 bridgehead atoms. The lowest BCUT2D eigenvalue weighted by atomic mass is 9.99. The lowest BCUT2D eigenvalue weighted by Crippen LogP contribution is -2.49. The molecule has 0 radical (unpaired) electrons. The summed E-state index contributed by atoms with van der Waals surface area (Å²) in [5.74, 6) is -0.560. The summed E-state index contributed by atoms with van der Waals surface area (Å²) < 4.78 is 59.8. The van der Waals surface area contributed by atoms with Crippen LogP contribution in [0, 0.1) is 11.7 Å². The monoisotopic (exact) mass is 609 g/mol. The van der Waals surface area contributed by atoms with Gasteiger partial charge < -0.3 is 25.4 Å². The Balaban J connectivity index is 1.78.